The first-order chi connectivity index (χ1) is 12.0. The summed E-state index contributed by atoms with van der Waals surface area (Å²) in [5, 5.41) is 6.00. The zero-order chi connectivity index (χ0) is 18.2. The lowest BCUT2D eigenvalue weighted by atomic mass is 10.2. The van der Waals surface area contributed by atoms with E-state index in [2.05, 4.69) is 10.6 Å². The van der Waals surface area contributed by atoms with Gasteiger partial charge in [0, 0.05) is 0 Å². The Morgan fingerprint density at radius 1 is 0.840 bits per heavy atom. The van der Waals surface area contributed by atoms with Gasteiger partial charge in [0.15, 0.2) is 0 Å². The lowest BCUT2D eigenvalue weighted by Crippen LogP contribution is -2.23. The third-order valence-corrected chi connectivity index (χ3v) is 3.21. The highest BCUT2D eigenvalue weighted by Gasteiger charge is 2.10. The number of carbonyl (C=O) groups excluding carboxylic acids is 1. The minimum atomic E-state index is -0.154. The highest BCUT2D eigenvalue weighted by atomic mass is 16.5. The molecule has 134 valence electrons. The van der Waals surface area contributed by atoms with E-state index in [1.54, 1.807) is 0 Å². The topological polar surface area (TPSA) is 59.6 Å². The van der Waals surface area contributed by atoms with Gasteiger partial charge in [-0.2, -0.15) is 0 Å². The minimum Gasteiger partial charge on any atom is -0.489 e. The molecule has 5 nitrogen and oxygen atoms in total. The molecule has 0 heterocycles. The van der Waals surface area contributed by atoms with E-state index in [0.717, 1.165) is 11.4 Å². The highest BCUT2D eigenvalue weighted by Crippen LogP contribution is 2.26. The molecule has 2 rings (SSSR count). The van der Waals surface area contributed by atoms with Gasteiger partial charge in [-0.25, -0.2) is 0 Å². The third-order valence-electron chi connectivity index (χ3n) is 3.21. The van der Waals surface area contributed by atoms with E-state index in [0.29, 0.717) is 11.4 Å². The third kappa shape index (κ3) is 6.03. The van der Waals surface area contributed by atoms with E-state index in [-0.39, 0.29) is 24.7 Å². The molecule has 0 aliphatic heterocycles. The van der Waals surface area contributed by atoms with Gasteiger partial charge in [-0.1, -0.05) is 24.3 Å². The number of amides is 1. The average molecular weight is 342 g/mol. The van der Waals surface area contributed by atoms with Crippen LogP contribution in [0.25, 0.3) is 0 Å². The molecule has 25 heavy (non-hydrogen) atoms. The summed E-state index contributed by atoms with van der Waals surface area (Å²) in [5.74, 6) is 1.24. The number of carbonyl (C=O) groups is 1. The lowest BCUT2D eigenvalue weighted by molar-refractivity contribution is -0.114. The van der Waals surface area contributed by atoms with E-state index < -0.39 is 0 Å². The molecule has 0 unspecified atom stereocenters. The van der Waals surface area contributed by atoms with Crippen LogP contribution in [-0.2, 0) is 4.79 Å². The van der Waals surface area contributed by atoms with Gasteiger partial charge in [-0.15, -0.1) is 0 Å². The second kappa shape index (κ2) is 8.97. The quantitative estimate of drug-likeness (QED) is 0.750. The Bertz CT molecular complexity index is 699. The van der Waals surface area contributed by atoms with Crippen molar-refractivity contribution in [2.24, 2.45) is 0 Å². The van der Waals surface area contributed by atoms with E-state index in [1.807, 2.05) is 76.2 Å². The van der Waals surface area contributed by atoms with Crippen LogP contribution in [0.1, 0.15) is 27.7 Å². The first-order valence-electron chi connectivity index (χ1n) is 8.50. The molecule has 0 spiro atoms. The first kappa shape index (κ1) is 18.6. The van der Waals surface area contributed by atoms with E-state index in [4.69, 9.17) is 9.47 Å². The molecule has 1 amide bonds. The average Bonchev–Trinajstić information content (AvgIpc) is 2.55. The fraction of sp³-hybridized carbons (Fsp3) is 0.350. The van der Waals surface area contributed by atoms with Crippen LogP contribution in [0.2, 0.25) is 0 Å². The van der Waals surface area contributed by atoms with Crippen molar-refractivity contribution in [2.45, 2.75) is 39.9 Å². The van der Waals surface area contributed by atoms with Gasteiger partial charge >= 0.3 is 0 Å². The van der Waals surface area contributed by atoms with Crippen molar-refractivity contribution in [1.82, 2.24) is 0 Å². The smallest absolute Gasteiger partial charge is 0.243 e. The molecule has 0 saturated heterocycles. The Morgan fingerprint density at radius 2 is 1.32 bits per heavy atom. The van der Waals surface area contributed by atoms with Crippen LogP contribution in [0, 0.1) is 0 Å². The van der Waals surface area contributed by atoms with Gasteiger partial charge in [-0.05, 0) is 52.0 Å². The molecule has 2 aromatic carbocycles. The molecular formula is C20H26N2O3. The summed E-state index contributed by atoms with van der Waals surface area (Å²) in [7, 11) is 0. The van der Waals surface area contributed by atoms with E-state index >= 15 is 0 Å². The van der Waals surface area contributed by atoms with Crippen LogP contribution in [0.5, 0.6) is 11.5 Å². The van der Waals surface area contributed by atoms with Crippen LogP contribution < -0.4 is 20.1 Å². The number of nitrogens with one attached hydrogen (secondary N) is 2. The van der Waals surface area contributed by atoms with Crippen LogP contribution in [-0.4, -0.2) is 24.7 Å². The molecule has 0 saturated carbocycles. The van der Waals surface area contributed by atoms with Crippen molar-refractivity contribution in [3.8, 4) is 11.5 Å². The van der Waals surface area contributed by atoms with Gasteiger partial charge in [-0.3, -0.25) is 4.79 Å². The molecule has 0 aromatic heterocycles. The number of para-hydroxylation sites is 4. The van der Waals surface area contributed by atoms with Gasteiger partial charge in [0.25, 0.3) is 0 Å². The molecule has 0 aliphatic rings. The maximum Gasteiger partial charge on any atom is 0.243 e. The molecule has 5 heteroatoms. The van der Waals surface area contributed by atoms with Crippen LogP contribution in [0.15, 0.2) is 48.5 Å². The lowest BCUT2D eigenvalue weighted by Gasteiger charge is -2.16. The molecule has 2 aromatic rings. The summed E-state index contributed by atoms with van der Waals surface area (Å²) >= 11 is 0. The molecule has 0 aliphatic carbocycles. The summed E-state index contributed by atoms with van der Waals surface area (Å²) in [6.45, 7) is 7.97. The van der Waals surface area contributed by atoms with Crippen LogP contribution in [0.3, 0.4) is 0 Å². The molecule has 0 radical (unpaired) electrons. The normalized spacial score (nSPS) is 10.6. The van der Waals surface area contributed by atoms with Crippen LogP contribution in [0.4, 0.5) is 11.4 Å². The van der Waals surface area contributed by atoms with Crippen molar-refractivity contribution in [1.29, 1.82) is 0 Å². The summed E-state index contributed by atoms with van der Waals surface area (Å²) in [6, 6.07) is 15.0. The SMILES string of the molecule is CC(C)Oc1ccccc1NCC(=O)Nc1ccccc1OC(C)C. The van der Waals surface area contributed by atoms with Gasteiger partial charge < -0.3 is 20.1 Å². The minimum absolute atomic E-state index is 0.0382. The van der Waals surface area contributed by atoms with Crippen molar-refractivity contribution in [3.05, 3.63) is 48.5 Å². The second-order valence-electron chi connectivity index (χ2n) is 6.23. The molecule has 0 bridgehead atoms. The van der Waals surface area contributed by atoms with Crippen molar-refractivity contribution in [2.75, 3.05) is 17.2 Å². The number of hydrogen-bond acceptors (Lipinski definition) is 4. The Kier molecular flexibility index (Phi) is 6.69. The van der Waals surface area contributed by atoms with E-state index in [1.165, 1.54) is 0 Å². The highest BCUT2D eigenvalue weighted by molar-refractivity contribution is 5.95. The largest absolute Gasteiger partial charge is 0.489 e. The van der Waals surface area contributed by atoms with Crippen molar-refractivity contribution < 1.29 is 14.3 Å². The maximum absolute atomic E-state index is 12.3. The number of rotatable bonds is 8. The standard InChI is InChI=1S/C20H26N2O3/c1-14(2)24-18-11-7-5-9-16(18)21-13-20(23)22-17-10-6-8-12-19(17)25-15(3)4/h5-12,14-15,21H,13H2,1-4H3,(H,22,23). The molecule has 0 atom stereocenters. The Labute approximate surface area is 149 Å². The predicted octanol–water partition coefficient (Wildman–Crippen LogP) is 4.31. The zero-order valence-electron chi connectivity index (χ0n) is 15.2. The zero-order valence-corrected chi connectivity index (χ0v) is 15.2. The van der Waals surface area contributed by atoms with Crippen molar-refractivity contribution >= 4 is 17.3 Å². The Balaban J connectivity index is 1.98. The summed E-state index contributed by atoms with van der Waals surface area (Å²) < 4.78 is 11.5. The summed E-state index contributed by atoms with van der Waals surface area (Å²) in [4.78, 5) is 12.3. The number of benzene rings is 2. The van der Waals surface area contributed by atoms with Gasteiger partial charge in [0.05, 0.1) is 30.1 Å². The van der Waals surface area contributed by atoms with E-state index in [9.17, 15) is 4.79 Å². The van der Waals surface area contributed by atoms with Crippen molar-refractivity contribution in [3.63, 3.8) is 0 Å². The molecular weight excluding hydrogens is 316 g/mol. The number of hydrogen-bond donors (Lipinski definition) is 2. The first-order valence-corrected chi connectivity index (χ1v) is 8.50. The fourth-order valence-corrected chi connectivity index (χ4v) is 2.27. The maximum atomic E-state index is 12.3. The molecule has 2 N–H and O–H groups in total. The Hall–Kier alpha value is -2.69. The second-order valence-corrected chi connectivity index (χ2v) is 6.23. The van der Waals surface area contributed by atoms with Gasteiger partial charge in [0.1, 0.15) is 11.5 Å². The Morgan fingerprint density at radius 3 is 1.88 bits per heavy atom. The monoisotopic (exact) mass is 342 g/mol. The number of anilines is 2. The van der Waals surface area contributed by atoms with Gasteiger partial charge in [0.2, 0.25) is 5.91 Å². The summed E-state index contributed by atoms with van der Waals surface area (Å²) in [5.41, 5.74) is 1.45. The predicted molar refractivity (Wildman–Crippen MR) is 102 cm³/mol. The fourth-order valence-electron chi connectivity index (χ4n) is 2.27. The molecule has 0 fully saturated rings. The van der Waals surface area contributed by atoms with Crippen LogP contribution >= 0.6 is 0 Å². The summed E-state index contributed by atoms with van der Waals surface area (Å²) in [6.07, 6.45) is 0.105. The number of ether oxygens (including phenoxy) is 2.